The number of nitrogens with one attached hydrogen (secondary N) is 1. The lowest BCUT2D eigenvalue weighted by Gasteiger charge is -2.08. The highest BCUT2D eigenvalue weighted by Crippen LogP contribution is 2.21. The smallest absolute Gasteiger partial charge is 0.336 e. The number of carbonyl (C=O) groups is 2. The molecule has 0 bridgehead atoms. The van der Waals surface area contributed by atoms with Crippen molar-refractivity contribution in [3.63, 3.8) is 0 Å². The number of nitrogens with zero attached hydrogens (tertiary/aromatic N) is 3. The third-order valence-electron chi connectivity index (χ3n) is 4.08. The molecule has 4 rings (SSSR count). The van der Waals surface area contributed by atoms with Crippen molar-refractivity contribution in [1.29, 1.82) is 0 Å². The van der Waals surface area contributed by atoms with E-state index in [0.29, 0.717) is 11.5 Å². The molecule has 7 nitrogen and oxygen atoms in total. The minimum Gasteiger partial charge on any atom is -0.478 e. The molecule has 2 aromatic carbocycles. The topological polar surface area (TPSA) is 96.6 Å². The fourth-order valence-corrected chi connectivity index (χ4v) is 2.76. The average molecular weight is 358 g/mol. The second kappa shape index (κ2) is 6.72. The lowest BCUT2D eigenvalue weighted by molar-refractivity contribution is 0.0692. The molecule has 0 spiro atoms. The van der Waals surface area contributed by atoms with E-state index in [9.17, 15) is 14.7 Å². The summed E-state index contributed by atoms with van der Waals surface area (Å²) in [4.78, 5) is 32.3. The van der Waals surface area contributed by atoms with E-state index in [2.05, 4.69) is 15.3 Å². The van der Waals surface area contributed by atoms with Gasteiger partial charge in [0.1, 0.15) is 0 Å². The Labute approximate surface area is 154 Å². The summed E-state index contributed by atoms with van der Waals surface area (Å²) in [6.07, 6.45) is 5.42. The van der Waals surface area contributed by atoms with E-state index < -0.39 is 11.9 Å². The second-order valence-electron chi connectivity index (χ2n) is 5.84. The highest BCUT2D eigenvalue weighted by molar-refractivity contribution is 6.10. The van der Waals surface area contributed by atoms with Crippen molar-refractivity contribution in [1.82, 2.24) is 14.4 Å². The van der Waals surface area contributed by atoms with Gasteiger partial charge in [-0.3, -0.25) is 9.20 Å². The van der Waals surface area contributed by atoms with Crippen LogP contribution in [0.4, 0.5) is 5.69 Å². The molecule has 1 amide bonds. The van der Waals surface area contributed by atoms with Crippen molar-refractivity contribution in [2.75, 3.05) is 5.32 Å². The van der Waals surface area contributed by atoms with E-state index in [-0.39, 0.29) is 11.1 Å². The number of rotatable bonds is 4. The summed E-state index contributed by atoms with van der Waals surface area (Å²) in [5.41, 5.74) is 2.28. The van der Waals surface area contributed by atoms with Gasteiger partial charge >= 0.3 is 5.97 Å². The summed E-state index contributed by atoms with van der Waals surface area (Å²) in [5.74, 6) is -1.01. The standard InChI is InChI=1S/C20H14N4O3/c25-18(15-4-1-2-5-16(15)19(26)27)22-14-8-6-13(7-9-14)17-12-24-11-3-10-21-20(24)23-17/h1-12H,(H,22,25)(H,26,27). The van der Waals surface area contributed by atoms with Gasteiger partial charge in [-0.2, -0.15) is 0 Å². The SMILES string of the molecule is O=C(O)c1ccccc1C(=O)Nc1ccc(-c2cn3cccnc3n2)cc1. The van der Waals surface area contributed by atoms with Gasteiger partial charge in [0.2, 0.25) is 5.78 Å². The summed E-state index contributed by atoms with van der Waals surface area (Å²) in [7, 11) is 0. The zero-order valence-electron chi connectivity index (χ0n) is 14.0. The first-order chi connectivity index (χ1) is 13.1. The summed E-state index contributed by atoms with van der Waals surface area (Å²) in [6, 6.07) is 15.1. The Kier molecular flexibility index (Phi) is 4.10. The van der Waals surface area contributed by atoms with E-state index >= 15 is 0 Å². The van der Waals surface area contributed by atoms with Crippen molar-refractivity contribution in [3.05, 3.63) is 84.3 Å². The zero-order chi connectivity index (χ0) is 18.8. The highest BCUT2D eigenvalue weighted by atomic mass is 16.4. The number of hydrogen-bond acceptors (Lipinski definition) is 4. The van der Waals surface area contributed by atoms with Gasteiger partial charge in [-0.25, -0.2) is 14.8 Å². The molecule has 0 radical (unpaired) electrons. The van der Waals surface area contributed by atoms with E-state index in [1.807, 2.05) is 35.0 Å². The van der Waals surface area contributed by atoms with Crippen LogP contribution in [-0.2, 0) is 0 Å². The lowest BCUT2D eigenvalue weighted by atomic mass is 10.1. The van der Waals surface area contributed by atoms with Crippen molar-refractivity contribution >= 4 is 23.3 Å². The molecule has 2 aromatic heterocycles. The molecule has 0 fully saturated rings. The number of carboxylic acid groups (broad SMARTS) is 1. The van der Waals surface area contributed by atoms with Crippen LogP contribution >= 0.6 is 0 Å². The monoisotopic (exact) mass is 358 g/mol. The third kappa shape index (κ3) is 3.25. The van der Waals surface area contributed by atoms with Crippen LogP contribution in [0.1, 0.15) is 20.7 Å². The van der Waals surface area contributed by atoms with Crippen LogP contribution in [0.5, 0.6) is 0 Å². The summed E-state index contributed by atoms with van der Waals surface area (Å²) < 4.78 is 1.83. The van der Waals surface area contributed by atoms with Crippen LogP contribution in [0.2, 0.25) is 0 Å². The van der Waals surface area contributed by atoms with Gasteiger partial charge in [-0.15, -0.1) is 0 Å². The van der Waals surface area contributed by atoms with Gasteiger partial charge in [0.25, 0.3) is 5.91 Å². The quantitative estimate of drug-likeness (QED) is 0.583. The highest BCUT2D eigenvalue weighted by Gasteiger charge is 2.16. The van der Waals surface area contributed by atoms with E-state index in [1.165, 1.54) is 12.1 Å². The number of imidazole rings is 1. The second-order valence-corrected chi connectivity index (χ2v) is 5.84. The van der Waals surface area contributed by atoms with Gasteiger partial charge < -0.3 is 10.4 Å². The predicted octanol–water partition coefficient (Wildman–Crippen LogP) is 3.35. The molecule has 0 unspecified atom stereocenters. The van der Waals surface area contributed by atoms with Crippen LogP contribution in [0.25, 0.3) is 17.0 Å². The number of amides is 1. The number of fused-ring (bicyclic) bond motifs is 1. The molecule has 0 aliphatic carbocycles. The Balaban J connectivity index is 1.56. The molecular formula is C20H14N4O3. The maximum absolute atomic E-state index is 12.4. The Bertz CT molecular complexity index is 1120. The van der Waals surface area contributed by atoms with Crippen LogP contribution < -0.4 is 5.32 Å². The molecule has 7 heteroatoms. The zero-order valence-corrected chi connectivity index (χ0v) is 14.0. The average Bonchev–Trinajstić information content (AvgIpc) is 3.12. The molecule has 0 aliphatic rings. The first-order valence-corrected chi connectivity index (χ1v) is 8.15. The number of anilines is 1. The maximum Gasteiger partial charge on any atom is 0.336 e. The van der Waals surface area contributed by atoms with E-state index in [4.69, 9.17) is 0 Å². The Morgan fingerprint density at radius 1 is 0.963 bits per heavy atom. The molecule has 2 N–H and O–H groups in total. The predicted molar refractivity (Wildman–Crippen MR) is 99.8 cm³/mol. The first-order valence-electron chi connectivity index (χ1n) is 8.15. The van der Waals surface area contributed by atoms with Gasteiger partial charge in [0.15, 0.2) is 0 Å². The van der Waals surface area contributed by atoms with Crippen molar-refractivity contribution < 1.29 is 14.7 Å². The van der Waals surface area contributed by atoms with Crippen molar-refractivity contribution in [2.45, 2.75) is 0 Å². The van der Waals surface area contributed by atoms with Crippen molar-refractivity contribution in [3.8, 4) is 11.3 Å². The number of hydrogen-bond donors (Lipinski definition) is 2. The normalized spacial score (nSPS) is 10.7. The van der Waals surface area contributed by atoms with Crippen molar-refractivity contribution in [2.24, 2.45) is 0 Å². The van der Waals surface area contributed by atoms with Gasteiger partial charge in [0.05, 0.1) is 16.8 Å². The minimum absolute atomic E-state index is 0.0381. The fraction of sp³-hybridized carbons (Fsp3) is 0. The molecule has 0 aliphatic heterocycles. The summed E-state index contributed by atoms with van der Waals surface area (Å²) >= 11 is 0. The van der Waals surface area contributed by atoms with Gasteiger partial charge in [-0.05, 0) is 30.3 Å². The summed E-state index contributed by atoms with van der Waals surface area (Å²) in [5, 5.41) is 11.9. The molecule has 27 heavy (non-hydrogen) atoms. The minimum atomic E-state index is -1.14. The number of benzene rings is 2. The first kappa shape index (κ1) is 16.5. The lowest BCUT2D eigenvalue weighted by Crippen LogP contribution is -2.16. The Morgan fingerprint density at radius 2 is 1.70 bits per heavy atom. The fourth-order valence-electron chi connectivity index (χ4n) is 2.76. The molecule has 2 heterocycles. The van der Waals surface area contributed by atoms with Crippen LogP contribution in [0.3, 0.4) is 0 Å². The van der Waals surface area contributed by atoms with Crippen LogP contribution in [0.15, 0.2) is 73.2 Å². The van der Waals surface area contributed by atoms with Crippen LogP contribution in [-0.4, -0.2) is 31.4 Å². The molecule has 4 aromatic rings. The van der Waals surface area contributed by atoms with Crippen LogP contribution in [0, 0.1) is 0 Å². The van der Waals surface area contributed by atoms with E-state index in [1.54, 1.807) is 30.5 Å². The van der Waals surface area contributed by atoms with Gasteiger partial charge in [0, 0.05) is 29.8 Å². The van der Waals surface area contributed by atoms with E-state index in [0.717, 1.165) is 11.3 Å². The van der Waals surface area contributed by atoms with Gasteiger partial charge in [-0.1, -0.05) is 24.3 Å². The Hall–Kier alpha value is -4.00. The maximum atomic E-state index is 12.4. The number of aromatic nitrogens is 3. The Morgan fingerprint density at radius 3 is 2.41 bits per heavy atom. The molecule has 0 saturated heterocycles. The number of carboxylic acids is 1. The third-order valence-corrected chi connectivity index (χ3v) is 4.08. The largest absolute Gasteiger partial charge is 0.478 e. The molecule has 0 atom stereocenters. The molecular weight excluding hydrogens is 344 g/mol. The number of aromatic carboxylic acids is 1. The summed E-state index contributed by atoms with van der Waals surface area (Å²) in [6.45, 7) is 0. The molecule has 132 valence electrons. The number of carbonyl (C=O) groups excluding carboxylic acids is 1. The molecule has 0 saturated carbocycles.